The second-order valence-corrected chi connectivity index (χ2v) is 3.42. The van der Waals surface area contributed by atoms with E-state index >= 15 is 0 Å². The molecule has 15 heavy (non-hydrogen) atoms. The zero-order valence-corrected chi connectivity index (χ0v) is 8.51. The van der Waals surface area contributed by atoms with Crippen molar-refractivity contribution in [3.63, 3.8) is 0 Å². The molecule has 0 saturated carbocycles. The van der Waals surface area contributed by atoms with Crippen LogP contribution in [0, 0.1) is 11.3 Å². The first kappa shape index (κ1) is 11.5. The minimum absolute atomic E-state index is 0.0802. The van der Waals surface area contributed by atoms with E-state index in [1.807, 2.05) is 11.9 Å². The Hall–Kier alpha value is -1.61. The van der Waals surface area contributed by atoms with Gasteiger partial charge in [-0.25, -0.2) is 4.79 Å². The summed E-state index contributed by atoms with van der Waals surface area (Å²) in [6.07, 6.45) is 1.39. The van der Waals surface area contributed by atoms with E-state index < -0.39 is 12.6 Å². The zero-order valence-electron chi connectivity index (χ0n) is 8.51. The van der Waals surface area contributed by atoms with Gasteiger partial charge in [-0.15, -0.1) is 0 Å². The van der Waals surface area contributed by atoms with Crippen LogP contribution in [0.15, 0.2) is 5.16 Å². The number of piperidine rings is 1. The lowest BCUT2D eigenvalue weighted by atomic mass is 10.0. The van der Waals surface area contributed by atoms with Crippen molar-refractivity contribution in [3.05, 3.63) is 0 Å². The first-order chi connectivity index (χ1) is 7.13. The molecule has 1 heterocycles. The van der Waals surface area contributed by atoms with Gasteiger partial charge in [0.05, 0.1) is 17.8 Å². The third-order valence-corrected chi connectivity index (χ3v) is 2.20. The fourth-order valence-electron chi connectivity index (χ4n) is 1.42. The predicted octanol–water partition coefficient (Wildman–Crippen LogP) is 0.0614. The second kappa shape index (κ2) is 5.32. The number of carbonyl (C=O) groups is 1. The van der Waals surface area contributed by atoms with Gasteiger partial charge in [-0.3, -0.25) is 4.90 Å². The average molecular weight is 211 g/mol. The van der Waals surface area contributed by atoms with Gasteiger partial charge in [0.15, 0.2) is 0 Å². The first-order valence-electron chi connectivity index (χ1n) is 4.63. The maximum atomic E-state index is 10.2. The maximum absolute atomic E-state index is 10.2. The van der Waals surface area contributed by atoms with Crippen molar-refractivity contribution in [1.29, 1.82) is 5.26 Å². The number of likely N-dealkylation sites (tertiary alicyclic amines) is 1. The van der Waals surface area contributed by atoms with Crippen LogP contribution in [-0.4, -0.2) is 47.9 Å². The Morgan fingerprint density at radius 1 is 1.87 bits per heavy atom. The summed E-state index contributed by atoms with van der Waals surface area (Å²) in [5.74, 6) is -1.04. The molecule has 0 aliphatic carbocycles. The molecule has 82 valence electrons. The van der Waals surface area contributed by atoms with Crippen LogP contribution in [0.4, 0.5) is 0 Å². The molecule has 0 radical (unpaired) electrons. The highest BCUT2D eigenvalue weighted by Gasteiger charge is 2.22. The Kier molecular flexibility index (Phi) is 4.06. The number of rotatable bonds is 3. The molecule has 0 aromatic carbocycles. The van der Waals surface area contributed by atoms with Crippen molar-refractivity contribution >= 4 is 11.7 Å². The van der Waals surface area contributed by atoms with Gasteiger partial charge in [-0.2, -0.15) is 5.26 Å². The molecule has 0 unspecified atom stereocenters. The molecule has 1 aliphatic heterocycles. The smallest absolute Gasteiger partial charge is 0.344 e. The number of nitrogens with zero attached hydrogens (tertiary/aromatic N) is 3. The van der Waals surface area contributed by atoms with Crippen molar-refractivity contribution in [2.24, 2.45) is 5.16 Å². The Balaban J connectivity index is 2.40. The van der Waals surface area contributed by atoms with E-state index in [1.54, 1.807) is 0 Å². The van der Waals surface area contributed by atoms with Gasteiger partial charge in [0.2, 0.25) is 6.61 Å². The maximum Gasteiger partial charge on any atom is 0.344 e. The van der Waals surface area contributed by atoms with Gasteiger partial charge in [-0.05, 0) is 19.9 Å². The fraction of sp³-hybridized carbons (Fsp3) is 0.667. The minimum atomic E-state index is -1.04. The van der Waals surface area contributed by atoms with Gasteiger partial charge < -0.3 is 9.94 Å². The summed E-state index contributed by atoms with van der Waals surface area (Å²) >= 11 is 0. The molecular formula is C9H13N3O3. The van der Waals surface area contributed by atoms with E-state index in [4.69, 9.17) is 10.4 Å². The van der Waals surface area contributed by atoms with E-state index in [-0.39, 0.29) is 6.04 Å². The number of nitriles is 1. The lowest BCUT2D eigenvalue weighted by Crippen LogP contribution is -2.40. The number of hydrogen-bond acceptors (Lipinski definition) is 5. The predicted molar refractivity (Wildman–Crippen MR) is 52.3 cm³/mol. The number of carboxylic acids is 1. The van der Waals surface area contributed by atoms with Crippen molar-refractivity contribution in [3.8, 4) is 6.07 Å². The normalized spacial score (nSPS) is 24.8. The molecule has 6 nitrogen and oxygen atoms in total. The van der Waals surface area contributed by atoms with Gasteiger partial charge in [0.25, 0.3) is 0 Å². The lowest BCUT2D eigenvalue weighted by Gasteiger charge is -2.27. The highest BCUT2D eigenvalue weighted by molar-refractivity contribution is 5.86. The van der Waals surface area contributed by atoms with Crippen molar-refractivity contribution in [1.82, 2.24) is 4.90 Å². The molecule has 6 heteroatoms. The summed E-state index contributed by atoms with van der Waals surface area (Å²) < 4.78 is 0. The Morgan fingerprint density at radius 3 is 3.13 bits per heavy atom. The van der Waals surface area contributed by atoms with Crippen LogP contribution in [0.2, 0.25) is 0 Å². The quantitative estimate of drug-likeness (QED) is 0.667. The molecule has 1 fully saturated rings. The van der Waals surface area contributed by atoms with E-state index in [0.29, 0.717) is 19.4 Å². The molecule has 0 aromatic rings. The molecule has 1 saturated heterocycles. The molecule has 1 atom stereocenters. The van der Waals surface area contributed by atoms with Gasteiger partial charge in [0, 0.05) is 6.54 Å². The molecule has 0 bridgehead atoms. The highest BCUT2D eigenvalue weighted by atomic mass is 16.6. The van der Waals surface area contributed by atoms with Crippen LogP contribution < -0.4 is 0 Å². The van der Waals surface area contributed by atoms with Crippen LogP contribution in [0.1, 0.15) is 12.8 Å². The summed E-state index contributed by atoms with van der Waals surface area (Å²) in [4.78, 5) is 16.7. The monoisotopic (exact) mass is 211 g/mol. The summed E-state index contributed by atoms with van der Waals surface area (Å²) in [5.41, 5.74) is 0.783. The van der Waals surface area contributed by atoms with Crippen LogP contribution in [-0.2, 0) is 9.63 Å². The molecule has 1 aliphatic rings. The molecule has 0 aromatic heterocycles. The van der Waals surface area contributed by atoms with E-state index in [1.165, 1.54) is 0 Å². The Bertz CT molecular complexity index is 308. The average Bonchev–Trinajstić information content (AvgIpc) is 2.17. The minimum Gasteiger partial charge on any atom is -0.479 e. The van der Waals surface area contributed by atoms with Crippen LogP contribution >= 0.6 is 0 Å². The van der Waals surface area contributed by atoms with E-state index in [9.17, 15) is 4.79 Å². The largest absolute Gasteiger partial charge is 0.479 e. The highest BCUT2D eigenvalue weighted by Crippen LogP contribution is 2.12. The van der Waals surface area contributed by atoms with Crippen molar-refractivity contribution in [2.75, 3.05) is 20.2 Å². The van der Waals surface area contributed by atoms with Gasteiger partial charge in [-0.1, -0.05) is 5.16 Å². The summed E-state index contributed by atoms with van der Waals surface area (Å²) in [6.45, 7) is 0.132. The topological polar surface area (TPSA) is 85.9 Å². The third kappa shape index (κ3) is 3.56. The standard InChI is InChI=1S/C9H13N3O3/c1-12-5-7(2-3-8(12)4-10)11-15-6-9(13)14/h8H,2-3,5-6H2,1H3,(H,13,14)/b11-7-/t8-/m0/s1. The second-order valence-electron chi connectivity index (χ2n) is 3.42. The molecular weight excluding hydrogens is 198 g/mol. The number of hydrogen-bond donors (Lipinski definition) is 1. The first-order valence-corrected chi connectivity index (χ1v) is 4.63. The van der Waals surface area contributed by atoms with E-state index in [0.717, 1.165) is 5.71 Å². The number of carboxylic acid groups (broad SMARTS) is 1. The van der Waals surface area contributed by atoms with Gasteiger partial charge >= 0.3 is 5.97 Å². The Labute approximate surface area is 87.7 Å². The van der Waals surface area contributed by atoms with E-state index in [2.05, 4.69) is 16.1 Å². The fourth-order valence-corrected chi connectivity index (χ4v) is 1.42. The summed E-state index contributed by atoms with van der Waals surface area (Å²) in [7, 11) is 1.83. The van der Waals surface area contributed by atoms with Crippen molar-refractivity contribution < 1.29 is 14.7 Å². The van der Waals surface area contributed by atoms with Crippen molar-refractivity contribution in [2.45, 2.75) is 18.9 Å². The molecule has 1 rings (SSSR count). The third-order valence-electron chi connectivity index (χ3n) is 2.20. The van der Waals surface area contributed by atoms with Crippen LogP contribution in [0.5, 0.6) is 0 Å². The molecule has 0 amide bonds. The zero-order chi connectivity index (χ0) is 11.3. The molecule has 0 spiro atoms. The molecule has 1 N–H and O–H groups in total. The van der Waals surface area contributed by atoms with Crippen LogP contribution in [0.3, 0.4) is 0 Å². The number of aliphatic carboxylic acids is 1. The Morgan fingerprint density at radius 2 is 2.60 bits per heavy atom. The number of oxime groups is 1. The lowest BCUT2D eigenvalue weighted by molar-refractivity contribution is -0.142. The van der Waals surface area contributed by atoms with Gasteiger partial charge in [0.1, 0.15) is 0 Å². The SMILES string of the molecule is CN1C/C(=N\OCC(=O)O)CC[C@H]1C#N. The van der Waals surface area contributed by atoms with Crippen LogP contribution in [0.25, 0.3) is 0 Å². The summed E-state index contributed by atoms with van der Waals surface area (Å²) in [6, 6.07) is 2.10. The summed E-state index contributed by atoms with van der Waals surface area (Å²) in [5, 5.41) is 20.8.